The van der Waals surface area contributed by atoms with Crippen molar-refractivity contribution in [2.45, 2.75) is 139 Å². The van der Waals surface area contributed by atoms with Crippen LogP contribution in [0.1, 0.15) is 132 Å². The third kappa shape index (κ3) is 5.00. The molecule has 0 amide bonds. The zero-order chi connectivity index (χ0) is 31.8. The number of allylic oxidation sites excluding steroid dienone is 1. The molecule has 0 saturated heterocycles. The van der Waals surface area contributed by atoms with Crippen LogP contribution in [0.15, 0.2) is 12.2 Å². The number of aliphatic hydroxyl groups is 2. The minimum Gasteiger partial charge on any atom is -0.462 e. The minimum absolute atomic E-state index is 0.0853. The van der Waals surface area contributed by atoms with Gasteiger partial charge in [0.2, 0.25) is 0 Å². The highest BCUT2D eigenvalue weighted by molar-refractivity contribution is 5.81. The van der Waals surface area contributed by atoms with Crippen molar-refractivity contribution in [2.24, 2.45) is 62.1 Å². The van der Waals surface area contributed by atoms with Gasteiger partial charge < -0.3 is 14.9 Å². The third-order valence-corrected chi connectivity index (χ3v) is 15.2. The van der Waals surface area contributed by atoms with Crippen LogP contribution in [0.3, 0.4) is 0 Å². The highest BCUT2D eigenvalue weighted by atomic mass is 16.5. The van der Waals surface area contributed by atoms with E-state index in [0.717, 1.165) is 25.7 Å². The molecule has 5 heteroatoms. The standard InChI is InChI=1S/C38H62O5/c1-24(2)26-12-17-38(23-40)19-18-36(8)27(32(26)38)10-11-29-35(7)15-14-30(34(5,6)28(35)13-16-37(29,36)9)43-31(42)21-33(3,4)20-25(41)22-39/h26-30,32,39-40H,1,10-23H2,2-9H3/t26-,27+,28-,29+,30-,32+,35-,36+,37+,38+/m0/s1. The summed E-state index contributed by atoms with van der Waals surface area (Å²) in [4.78, 5) is 25.1. The molecule has 2 N–H and O–H groups in total. The van der Waals surface area contributed by atoms with Crippen LogP contribution in [-0.4, -0.2) is 41.3 Å². The molecule has 244 valence electrons. The zero-order valence-corrected chi connectivity index (χ0v) is 28.7. The summed E-state index contributed by atoms with van der Waals surface area (Å²) in [5, 5.41) is 20.0. The molecule has 0 bridgehead atoms. The van der Waals surface area contributed by atoms with E-state index >= 15 is 0 Å². The van der Waals surface area contributed by atoms with Gasteiger partial charge in [0.05, 0.1) is 6.42 Å². The van der Waals surface area contributed by atoms with Crippen LogP contribution in [-0.2, 0) is 14.3 Å². The Morgan fingerprint density at radius 1 is 0.837 bits per heavy atom. The molecule has 0 radical (unpaired) electrons. The fraction of sp³-hybridized carbons (Fsp3) is 0.895. The molecule has 10 atom stereocenters. The van der Waals surface area contributed by atoms with Crippen LogP contribution in [0.25, 0.3) is 0 Å². The normalized spacial score (nSPS) is 45.3. The molecule has 0 aromatic carbocycles. The van der Waals surface area contributed by atoms with Gasteiger partial charge in [0.25, 0.3) is 0 Å². The number of fused-ring (bicyclic) bond motifs is 7. The van der Waals surface area contributed by atoms with Crippen molar-refractivity contribution in [3.63, 3.8) is 0 Å². The number of Topliss-reactive ketones (excluding diaryl/α,β-unsaturated/α-hetero) is 1. The molecular weight excluding hydrogens is 536 g/mol. The maximum atomic E-state index is 13.2. The molecule has 5 fully saturated rings. The lowest BCUT2D eigenvalue weighted by Gasteiger charge is -2.73. The summed E-state index contributed by atoms with van der Waals surface area (Å²) in [6.45, 7) is 22.9. The fourth-order valence-electron chi connectivity index (χ4n) is 13.0. The predicted octanol–water partition coefficient (Wildman–Crippen LogP) is 7.92. The SMILES string of the molecule is C=C(C)[C@@H]1CC[C@]2(CO)CC[C@]3(C)[C@H](CC[C@@H]4[C@@]5(C)CC[C@H](OC(=O)CC(C)(C)CC(=O)CO)C(C)(C)[C@@H]5CC[C@]43C)[C@@H]12. The van der Waals surface area contributed by atoms with Crippen LogP contribution >= 0.6 is 0 Å². The molecule has 0 unspecified atom stereocenters. The number of hydrogen-bond acceptors (Lipinski definition) is 5. The van der Waals surface area contributed by atoms with E-state index in [2.05, 4.69) is 48.1 Å². The Morgan fingerprint density at radius 2 is 1.53 bits per heavy atom. The Bertz CT molecular complexity index is 1120. The number of carbonyl (C=O) groups excluding carboxylic acids is 2. The van der Waals surface area contributed by atoms with Crippen molar-refractivity contribution >= 4 is 11.8 Å². The average molecular weight is 599 g/mol. The van der Waals surface area contributed by atoms with E-state index < -0.39 is 12.0 Å². The van der Waals surface area contributed by atoms with Crippen LogP contribution in [0.4, 0.5) is 0 Å². The van der Waals surface area contributed by atoms with E-state index in [1.165, 1.54) is 44.1 Å². The molecule has 5 rings (SSSR count). The number of rotatable bonds is 8. The number of aliphatic hydroxyl groups excluding tert-OH is 2. The van der Waals surface area contributed by atoms with Gasteiger partial charge in [0.15, 0.2) is 5.78 Å². The average Bonchev–Trinajstić information content (AvgIpc) is 3.30. The lowest BCUT2D eigenvalue weighted by Crippen LogP contribution is -2.67. The quantitative estimate of drug-likeness (QED) is 0.219. The molecule has 0 aromatic rings. The van der Waals surface area contributed by atoms with Crippen molar-refractivity contribution in [1.29, 1.82) is 0 Å². The molecule has 43 heavy (non-hydrogen) atoms. The van der Waals surface area contributed by atoms with Crippen molar-refractivity contribution in [3.05, 3.63) is 12.2 Å². The van der Waals surface area contributed by atoms with Gasteiger partial charge in [-0.3, -0.25) is 9.59 Å². The molecule has 0 aromatic heterocycles. The summed E-state index contributed by atoms with van der Waals surface area (Å²) in [5.74, 6) is 2.42. The largest absolute Gasteiger partial charge is 0.462 e. The minimum atomic E-state index is -0.527. The Labute approximate surface area is 262 Å². The Hall–Kier alpha value is -1.20. The molecule has 0 spiro atoms. The van der Waals surface area contributed by atoms with Crippen LogP contribution < -0.4 is 0 Å². The number of ketones is 1. The number of ether oxygens (including phenoxy) is 1. The maximum Gasteiger partial charge on any atom is 0.306 e. The van der Waals surface area contributed by atoms with Crippen molar-refractivity contribution in [1.82, 2.24) is 0 Å². The van der Waals surface area contributed by atoms with Gasteiger partial charge in [-0.25, -0.2) is 0 Å². The topological polar surface area (TPSA) is 83.8 Å². The lowest BCUT2D eigenvalue weighted by atomic mass is 9.32. The van der Waals surface area contributed by atoms with Gasteiger partial charge in [0.1, 0.15) is 12.7 Å². The predicted molar refractivity (Wildman–Crippen MR) is 171 cm³/mol. The highest BCUT2D eigenvalue weighted by Gasteiger charge is 2.71. The zero-order valence-electron chi connectivity index (χ0n) is 28.7. The summed E-state index contributed by atoms with van der Waals surface area (Å²) in [6.07, 6.45) is 11.9. The van der Waals surface area contributed by atoms with Crippen LogP contribution in [0.2, 0.25) is 0 Å². The number of carbonyl (C=O) groups is 2. The van der Waals surface area contributed by atoms with Crippen molar-refractivity contribution in [2.75, 3.05) is 13.2 Å². The smallest absolute Gasteiger partial charge is 0.306 e. The summed E-state index contributed by atoms with van der Waals surface area (Å²) in [7, 11) is 0. The van der Waals surface area contributed by atoms with Gasteiger partial charge in [-0.1, -0.05) is 60.6 Å². The lowest BCUT2D eigenvalue weighted by molar-refractivity contribution is -0.251. The first-order chi connectivity index (χ1) is 19.9. The van der Waals surface area contributed by atoms with Crippen LogP contribution in [0.5, 0.6) is 0 Å². The molecule has 5 aliphatic rings. The summed E-state index contributed by atoms with van der Waals surface area (Å²) in [6, 6.07) is 0. The van der Waals surface area contributed by atoms with Gasteiger partial charge in [0, 0.05) is 18.4 Å². The first-order valence-corrected chi connectivity index (χ1v) is 17.5. The second-order valence-electron chi connectivity index (χ2n) is 18.3. The number of hydrogen-bond donors (Lipinski definition) is 2. The van der Waals surface area contributed by atoms with Gasteiger partial charge in [-0.2, -0.15) is 0 Å². The molecule has 5 nitrogen and oxygen atoms in total. The monoisotopic (exact) mass is 598 g/mol. The highest BCUT2D eigenvalue weighted by Crippen LogP contribution is 2.77. The van der Waals surface area contributed by atoms with E-state index in [1.807, 2.05) is 13.8 Å². The van der Waals surface area contributed by atoms with E-state index in [4.69, 9.17) is 4.74 Å². The van der Waals surface area contributed by atoms with Gasteiger partial charge >= 0.3 is 5.97 Å². The molecule has 5 aliphatic carbocycles. The Kier molecular flexibility index (Phi) is 8.45. The summed E-state index contributed by atoms with van der Waals surface area (Å²) < 4.78 is 6.28. The molecule has 5 saturated carbocycles. The van der Waals surface area contributed by atoms with Crippen molar-refractivity contribution < 1.29 is 24.5 Å². The van der Waals surface area contributed by atoms with Gasteiger partial charge in [-0.05, 0) is 128 Å². The Morgan fingerprint density at radius 3 is 2.16 bits per heavy atom. The van der Waals surface area contributed by atoms with Gasteiger partial charge in [-0.15, -0.1) is 0 Å². The molecule has 0 heterocycles. The van der Waals surface area contributed by atoms with Crippen LogP contribution in [0, 0.1) is 62.1 Å². The van der Waals surface area contributed by atoms with E-state index in [9.17, 15) is 19.8 Å². The Balaban J connectivity index is 1.37. The first kappa shape index (κ1) is 33.2. The number of esters is 1. The summed E-state index contributed by atoms with van der Waals surface area (Å²) in [5.41, 5.74) is 1.48. The second-order valence-corrected chi connectivity index (χ2v) is 18.3. The second kappa shape index (κ2) is 11.0. The van der Waals surface area contributed by atoms with E-state index in [-0.39, 0.29) is 57.8 Å². The first-order valence-electron chi connectivity index (χ1n) is 17.5. The molecular formula is C38H62O5. The molecule has 0 aliphatic heterocycles. The van der Waals surface area contributed by atoms with Crippen molar-refractivity contribution in [3.8, 4) is 0 Å². The van der Waals surface area contributed by atoms with E-state index in [1.54, 1.807) is 0 Å². The third-order valence-electron chi connectivity index (χ3n) is 15.2. The van der Waals surface area contributed by atoms with E-state index in [0.29, 0.717) is 36.2 Å². The maximum absolute atomic E-state index is 13.2. The fourth-order valence-corrected chi connectivity index (χ4v) is 13.0. The summed E-state index contributed by atoms with van der Waals surface area (Å²) >= 11 is 0.